The summed E-state index contributed by atoms with van der Waals surface area (Å²) in [6.07, 6.45) is 1.17. The highest BCUT2D eigenvalue weighted by Gasteiger charge is 2.12. The maximum Gasteiger partial charge on any atom is 0.224 e. The molecule has 1 N–H and O–H groups in total. The molecule has 0 spiro atoms. The van der Waals surface area contributed by atoms with Gasteiger partial charge in [0.1, 0.15) is 11.6 Å². The molecule has 0 saturated carbocycles. The Hall–Kier alpha value is -4.38. The molecule has 1 aromatic heterocycles. The van der Waals surface area contributed by atoms with Crippen molar-refractivity contribution in [2.75, 3.05) is 6.61 Å². The second-order valence-corrected chi connectivity index (χ2v) is 9.63. The molecule has 0 fully saturated rings. The highest BCUT2D eigenvalue weighted by atomic mass is 16.5. The van der Waals surface area contributed by atoms with E-state index in [4.69, 9.17) is 9.72 Å². The zero-order valence-electron chi connectivity index (χ0n) is 22.0. The van der Waals surface area contributed by atoms with Gasteiger partial charge in [-0.3, -0.25) is 4.79 Å². The van der Waals surface area contributed by atoms with Crippen molar-refractivity contribution in [2.24, 2.45) is 0 Å². The molecule has 0 radical (unpaired) electrons. The molecule has 5 aromatic rings. The fourth-order valence-electron chi connectivity index (χ4n) is 4.60. The fourth-order valence-corrected chi connectivity index (χ4v) is 4.60. The number of nitrogens with one attached hydrogen (secondary N) is 1. The fraction of sp³-hybridized carbons (Fsp3) is 0.212. The summed E-state index contributed by atoms with van der Waals surface area (Å²) in [4.78, 5) is 17.6. The Morgan fingerprint density at radius 2 is 1.58 bits per heavy atom. The lowest BCUT2D eigenvalue weighted by Crippen LogP contribution is -2.26. The number of imidazole rings is 1. The number of amides is 1. The molecule has 5 rings (SSSR count). The Labute approximate surface area is 224 Å². The number of ether oxygens (including phenoxy) is 1. The normalized spacial score (nSPS) is 11.0. The highest BCUT2D eigenvalue weighted by Crippen LogP contribution is 2.20. The highest BCUT2D eigenvalue weighted by molar-refractivity contribution is 5.79. The third-order valence-electron chi connectivity index (χ3n) is 6.88. The average molecular weight is 504 g/mol. The molecule has 0 bridgehead atoms. The van der Waals surface area contributed by atoms with Gasteiger partial charge in [-0.05, 0) is 72.4 Å². The summed E-state index contributed by atoms with van der Waals surface area (Å²) in [6, 6.07) is 32.7. The standard InChI is InChI=1S/C33H33N3O2/c1-24-13-18-29(21-25(24)2)38-20-8-19-36-31-12-7-6-11-30(31)35-32(36)23-34-33(37)22-26-14-16-28(17-15-26)27-9-4-3-5-10-27/h3-7,9-18,21H,8,19-20,22-23H2,1-2H3,(H,34,37). The third kappa shape index (κ3) is 6.12. The van der Waals surface area contributed by atoms with E-state index in [0.717, 1.165) is 46.7 Å². The van der Waals surface area contributed by atoms with Gasteiger partial charge in [0.25, 0.3) is 0 Å². The summed E-state index contributed by atoms with van der Waals surface area (Å²) in [7, 11) is 0. The molecule has 0 aliphatic carbocycles. The van der Waals surface area contributed by atoms with Crippen LogP contribution in [0.4, 0.5) is 0 Å². The van der Waals surface area contributed by atoms with Gasteiger partial charge < -0.3 is 14.6 Å². The quantitative estimate of drug-likeness (QED) is 0.217. The number of benzene rings is 4. The van der Waals surface area contributed by atoms with Crippen LogP contribution in [0.2, 0.25) is 0 Å². The maximum atomic E-state index is 12.8. The van der Waals surface area contributed by atoms with Gasteiger partial charge in [0.2, 0.25) is 5.91 Å². The van der Waals surface area contributed by atoms with Gasteiger partial charge in [-0.15, -0.1) is 0 Å². The molecule has 0 atom stereocenters. The lowest BCUT2D eigenvalue weighted by molar-refractivity contribution is -0.120. The Kier molecular flexibility index (Phi) is 7.84. The third-order valence-corrected chi connectivity index (χ3v) is 6.88. The van der Waals surface area contributed by atoms with Crippen molar-refractivity contribution < 1.29 is 9.53 Å². The van der Waals surface area contributed by atoms with Crippen molar-refractivity contribution in [1.82, 2.24) is 14.9 Å². The first-order valence-electron chi connectivity index (χ1n) is 13.1. The number of carbonyl (C=O) groups is 1. The van der Waals surface area contributed by atoms with Gasteiger partial charge >= 0.3 is 0 Å². The first kappa shape index (κ1) is 25.3. The number of nitrogens with zero attached hydrogens (tertiary/aromatic N) is 2. The predicted octanol–water partition coefficient (Wildman–Crippen LogP) is 6.65. The molecular weight excluding hydrogens is 470 g/mol. The maximum absolute atomic E-state index is 12.8. The monoisotopic (exact) mass is 503 g/mol. The zero-order valence-corrected chi connectivity index (χ0v) is 22.0. The molecule has 192 valence electrons. The van der Waals surface area contributed by atoms with Crippen LogP contribution >= 0.6 is 0 Å². The number of aryl methyl sites for hydroxylation is 3. The van der Waals surface area contributed by atoms with Crippen molar-refractivity contribution in [1.29, 1.82) is 0 Å². The minimum atomic E-state index is -0.0193. The van der Waals surface area contributed by atoms with E-state index in [1.165, 1.54) is 16.7 Å². The molecule has 1 amide bonds. The van der Waals surface area contributed by atoms with E-state index in [1.54, 1.807) is 0 Å². The number of hydrogen-bond donors (Lipinski definition) is 1. The Morgan fingerprint density at radius 1 is 0.842 bits per heavy atom. The van der Waals surface area contributed by atoms with Crippen LogP contribution < -0.4 is 10.1 Å². The number of rotatable bonds is 10. The number of aromatic nitrogens is 2. The van der Waals surface area contributed by atoms with Crippen LogP contribution in [0.3, 0.4) is 0 Å². The van der Waals surface area contributed by atoms with Crippen LogP contribution in [-0.4, -0.2) is 22.1 Å². The summed E-state index contributed by atoms with van der Waals surface area (Å²) in [6.45, 7) is 5.95. The predicted molar refractivity (Wildman–Crippen MR) is 153 cm³/mol. The van der Waals surface area contributed by atoms with Gasteiger partial charge in [-0.1, -0.05) is 72.8 Å². The van der Waals surface area contributed by atoms with Gasteiger partial charge in [-0.2, -0.15) is 0 Å². The van der Waals surface area contributed by atoms with Crippen LogP contribution in [0.15, 0.2) is 97.1 Å². The van der Waals surface area contributed by atoms with Gasteiger partial charge in [0, 0.05) is 6.54 Å². The molecule has 4 aromatic carbocycles. The van der Waals surface area contributed by atoms with Crippen molar-refractivity contribution >= 4 is 16.9 Å². The Morgan fingerprint density at radius 3 is 2.37 bits per heavy atom. The Bertz CT molecular complexity index is 1520. The van der Waals surface area contributed by atoms with E-state index in [0.29, 0.717) is 19.6 Å². The molecule has 0 aliphatic rings. The topological polar surface area (TPSA) is 56.1 Å². The van der Waals surface area contributed by atoms with Crippen LogP contribution in [0.25, 0.3) is 22.2 Å². The average Bonchev–Trinajstić information content (AvgIpc) is 3.30. The van der Waals surface area contributed by atoms with E-state index in [1.807, 2.05) is 54.6 Å². The number of para-hydroxylation sites is 2. The summed E-state index contributed by atoms with van der Waals surface area (Å²) in [5.74, 6) is 1.73. The van der Waals surface area contributed by atoms with Crippen molar-refractivity contribution in [3.63, 3.8) is 0 Å². The summed E-state index contributed by atoms with van der Waals surface area (Å²) in [5.41, 5.74) is 7.79. The molecule has 0 unspecified atom stereocenters. The van der Waals surface area contributed by atoms with Crippen molar-refractivity contribution in [3.05, 3.63) is 120 Å². The largest absolute Gasteiger partial charge is 0.494 e. The number of fused-ring (bicyclic) bond motifs is 1. The molecule has 5 nitrogen and oxygen atoms in total. The molecule has 1 heterocycles. The first-order chi connectivity index (χ1) is 18.6. The van der Waals surface area contributed by atoms with Crippen LogP contribution in [-0.2, 0) is 24.3 Å². The second-order valence-electron chi connectivity index (χ2n) is 9.63. The minimum Gasteiger partial charge on any atom is -0.494 e. The molecule has 0 aliphatic heterocycles. The van der Waals surface area contributed by atoms with Crippen LogP contribution in [0.1, 0.15) is 28.9 Å². The molecule has 0 saturated heterocycles. The van der Waals surface area contributed by atoms with Crippen LogP contribution in [0, 0.1) is 13.8 Å². The van der Waals surface area contributed by atoms with Crippen molar-refractivity contribution in [2.45, 2.75) is 39.8 Å². The second kappa shape index (κ2) is 11.8. The van der Waals surface area contributed by atoms with E-state index in [9.17, 15) is 4.79 Å². The number of carbonyl (C=O) groups excluding carboxylic acids is 1. The van der Waals surface area contributed by atoms with Gasteiger partial charge in [0.15, 0.2) is 0 Å². The van der Waals surface area contributed by atoms with Gasteiger partial charge in [-0.25, -0.2) is 4.98 Å². The number of hydrogen-bond acceptors (Lipinski definition) is 3. The Balaban J connectivity index is 1.19. The van der Waals surface area contributed by atoms with Gasteiger partial charge in [0.05, 0.1) is 30.6 Å². The van der Waals surface area contributed by atoms with E-state index in [2.05, 4.69) is 66.2 Å². The zero-order chi connectivity index (χ0) is 26.3. The first-order valence-corrected chi connectivity index (χ1v) is 13.1. The SMILES string of the molecule is Cc1ccc(OCCCn2c(CNC(=O)Cc3ccc(-c4ccccc4)cc3)nc3ccccc32)cc1C. The lowest BCUT2D eigenvalue weighted by Gasteiger charge is -2.12. The summed E-state index contributed by atoms with van der Waals surface area (Å²) in [5, 5.41) is 3.07. The summed E-state index contributed by atoms with van der Waals surface area (Å²) < 4.78 is 8.18. The smallest absolute Gasteiger partial charge is 0.224 e. The van der Waals surface area contributed by atoms with E-state index in [-0.39, 0.29) is 5.91 Å². The van der Waals surface area contributed by atoms with E-state index < -0.39 is 0 Å². The minimum absolute atomic E-state index is 0.0193. The lowest BCUT2D eigenvalue weighted by atomic mass is 10.0. The summed E-state index contributed by atoms with van der Waals surface area (Å²) >= 11 is 0. The van der Waals surface area contributed by atoms with Crippen LogP contribution in [0.5, 0.6) is 5.75 Å². The molecule has 5 heteroatoms. The molecule has 38 heavy (non-hydrogen) atoms. The van der Waals surface area contributed by atoms with Crippen molar-refractivity contribution in [3.8, 4) is 16.9 Å². The molecular formula is C33H33N3O2. The van der Waals surface area contributed by atoms with E-state index >= 15 is 0 Å².